The molecule has 0 spiro atoms. The number of hydrogen-bond donors (Lipinski definition) is 1. The van der Waals surface area contributed by atoms with E-state index in [1.165, 1.54) is 5.56 Å². The van der Waals surface area contributed by atoms with Gasteiger partial charge >= 0.3 is 0 Å². The zero-order valence-electron chi connectivity index (χ0n) is 12.9. The van der Waals surface area contributed by atoms with Crippen LogP contribution in [-0.2, 0) is 0 Å². The van der Waals surface area contributed by atoms with E-state index in [-0.39, 0.29) is 0 Å². The van der Waals surface area contributed by atoms with E-state index in [0.717, 1.165) is 22.3 Å². The summed E-state index contributed by atoms with van der Waals surface area (Å²) in [7, 11) is 3.25. The van der Waals surface area contributed by atoms with Crippen LogP contribution in [-0.4, -0.2) is 19.2 Å². The van der Waals surface area contributed by atoms with Crippen LogP contribution < -0.4 is 14.8 Å². The van der Waals surface area contributed by atoms with Crippen molar-refractivity contribution in [2.24, 2.45) is 0 Å². The van der Waals surface area contributed by atoms with Crippen molar-refractivity contribution in [1.82, 2.24) is 4.98 Å². The second kappa shape index (κ2) is 5.93. The molecule has 1 aromatic heterocycles. The van der Waals surface area contributed by atoms with E-state index in [1.54, 1.807) is 14.2 Å². The van der Waals surface area contributed by atoms with Gasteiger partial charge in [0.05, 0.1) is 14.2 Å². The molecule has 4 heteroatoms. The second-order valence-electron chi connectivity index (χ2n) is 5.08. The van der Waals surface area contributed by atoms with Gasteiger partial charge in [-0.3, -0.25) is 0 Å². The fraction of sp³-hybridized carbons (Fsp3) is 0.167. The summed E-state index contributed by atoms with van der Waals surface area (Å²) in [5.74, 6) is 2.21. The van der Waals surface area contributed by atoms with E-state index in [1.807, 2.05) is 30.5 Å². The predicted molar refractivity (Wildman–Crippen MR) is 89.3 cm³/mol. The fourth-order valence-corrected chi connectivity index (χ4v) is 2.45. The average molecular weight is 294 g/mol. The molecular formula is C18H18N2O2. The van der Waals surface area contributed by atoms with Gasteiger partial charge in [-0.2, -0.15) is 0 Å². The zero-order valence-corrected chi connectivity index (χ0v) is 12.9. The Morgan fingerprint density at radius 3 is 2.50 bits per heavy atom. The molecule has 0 atom stereocenters. The van der Waals surface area contributed by atoms with Crippen molar-refractivity contribution in [3.63, 3.8) is 0 Å². The van der Waals surface area contributed by atoms with E-state index in [2.05, 4.69) is 35.4 Å². The van der Waals surface area contributed by atoms with E-state index in [9.17, 15) is 0 Å². The first-order valence-electron chi connectivity index (χ1n) is 7.05. The fourth-order valence-electron chi connectivity index (χ4n) is 2.45. The highest BCUT2D eigenvalue weighted by molar-refractivity contribution is 5.93. The molecule has 0 aliphatic heterocycles. The molecule has 3 rings (SSSR count). The largest absolute Gasteiger partial charge is 0.493 e. The van der Waals surface area contributed by atoms with Crippen molar-refractivity contribution in [1.29, 1.82) is 0 Å². The number of fused-ring (bicyclic) bond motifs is 1. The van der Waals surface area contributed by atoms with Crippen LogP contribution in [0.4, 0.5) is 11.5 Å². The number of pyridine rings is 1. The molecule has 22 heavy (non-hydrogen) atoms. The molecule has 1 N–H and O–H groups in total. The summed E-state index contributed by atoms with van der Waals surface area (Å²) in [6.07, 6.45) is 1.81. The van der Waals surface area contributed by atoms with E-state index >= 15 is 0 Å². The number of methoxy groups -OCH3 is 2. The number of rotatable bonds is 4. The van der Waals surface area contributed by atoms with Gasteiger partial charge in [0.15, 0.2) is 11.5 Å². The van der Waals surface area contributed by atoms with Crippen LogP contribution in [0.25, 0.3) is 10.8 Å². The minimum absolute atomic E-state index is 0.684. The summed E-state index contributed by atoms with van der Waals surface area (Å²) in [6, 6.07) is 14.0. The minimum Gasteiger partial charge on any atom is -0.493 e. The second-order valence-corrected chi connectivity index (χ2v) is 5.08. The van der Waals surface area contributed by atoms with Crippen LogP contribution in [0.15, 0.2) is 48.7 Å². The van der Waals surface area contributed by atoms with Crippen LogP contribution >= 0.6 is 0 Å². The Balaban J connectivity index is 2.00. The van der Waals surface area contributed by atoms with Crippen LogP contribution in [0.3, 0.4) is 0 Å². The van der Waals surface area contributed by atoms with Crippen LogP contribution in [0, 0.1) is 6.92 Å². The van der Waals surface area contributed by atoms with Crippen LogP contribution in [0.1, 0.15) is 5.56 Å². The highest BCUT2D eigenvalue weighted by atomic mass is 16.5. The van der Waals surface area contributed by atoms with Crippen molar-refractivity contribution in [3.05, 3.63) is 54.2 Å². The summed E-state index contributed by atoms with van der Waals surface area (Å²) in [5, 5.41) is 5.60. The molecule has 2 aromatic carbocycles. The first-order chi connectivity index (χ1) is 10.7. The summed E-state index contributed by atoms with van der Waals surface area (Å²) in [5.41, 5.74) is 2.13. The maximum absolute atomic E-state index is 5.33. The van der Waals surface area contributed by atoms with Crippen molar-refractivity contribution >= 4 is 22.3 Å². The monoisotopic (exact) mass is 294 g/mol. The Labute approximate surface area is 129 Å². The van der Waals surface area contributed by atoms with Crippen molar-refractivity contribution in [3.8, 4) is 11.5 Å². The predicted octanol–water partition coefficient (Wildman–Crippen LogP) is 4.30. The molecule has 0 fully saturated rings. The molecule has 4 nitrogen and oxygen atoms in total. The molecule has 0 bridgehead atoms. The summed E-state index contributed by atoms with van der Waals surface area (Å²) in [4.78, 5) is 4.45. The lowest BCUT2D eigenvalue weighted by molar-refractivity contribution is 0.355. The lowest BCUT2D eigenvalue weighted by Gasteiger charge is -2.12. The smallest absolute Gasteiger partial charge is 0.162 e. The molecule has 0 unspecified atom stereocenters. The number of nitrogens with one attached hydrogen (secondary N) is 1. The number of aromatic nitrogens is 1. The van der Waals surface area contributed by atoms with Gasteiger partial charge in [0.1, 0.15) is 5.82 Å². The van der Waals surface area contributed by atoms with Gasteiger partial charge in [-0.15, -0.1) is 0 Å². The molecule has 0 aliphatic rings. The minimum atomic E-state index is 0.684. The standard InChI is InChI=1S/C18H18N2O2/c1-12-4-6-15-13(10-12)8-9-19-18(15)20-14-5-7-16(21-2)17(11-14)22-3/h4-11H,1-3H3,(H,19,20). The van der Waals surface area contributed by atoms with Gasteiger partial charge in [0, 0.05) is 23.3 Å². The highest BCUT2D eigenvalue weighted by Crippen LogP contribution is 2.32. The lowest BCUT2D eigenvalue weighted by atomic mass is 10.1. The lowest BCUT2D eigenvalue weighted by Crippen LogP contribution is -1.96. The summed E-state index contributed by atoms with van der Waals surface area (Å²) in [6.45, 7) is 2.08. The molecular weight excluding hydrogens is 276 g/mol. The topological polar surface area (TPSA) is 43.4 Å². The maximum atomic E-state index is 5.33. The van der Waals surface area contributed by atoms with E-state index < -0.39 is 0 Å². The molecule has 3 aromatic rings. The maximum Gasteiger partial charge on any atom is 0.162 e. The molecule has 0 amide bonds. The molecule has 0 radical (unpaired) electrons. The SMILES string of the molecule is COc1ccc(Nc2nccc3cc(C)ccc23)cc1OC. The number of anilines is 2. The van der Waals surface area contributed by atoms with Crippen molar-refractivity contribution < 1.29 is 9.47 Å². The van der Waals surface area contributed by atoms with Gasteiger partial charge in [0.2, 0.25) is 0 Å². The number of ether oxygens (including phenoxy) is 2. The molecule has 0 saturated heterocycles. The Morgan fingerprint density at radius 1 is 0.909 bits per heavy atom. The third-order valence-corrected chi connectivity index (χ3v) is 3.57. The number of nitrogens with zero attached hydrogens (tertiary/aromatic N) is 1. The van der Waals surface area contributed by atoms with E-state index in [4.69, 9.17) is 9.47 Å². The van der Waals surface area contributed by atoms with Gasteiger partial charge in [-0.1, -0.05) is 23.8 Å². The van der Waals surface area contributed by atoms with Gasteiger partial charge in [-0.05, 0) is 30.5 Å². The molecule has 1 heterocycles. The first kappa shape index (κ1) is 14.2. The molecule has 112 valence electrons. The summed E-state index contributed by atoms with van der Waals surface area (Å²) < 4.78 is 10.6. The Bertz CT molecular complexity index is 815. The third-order valence-electron chi connectivity index (χ3n) is 3.57. The average Bonchev–Trinajstić information content (AvgIpc) is 2.54. The Kier molecular flexibility index (Phi) is 3.83. The number of benzene rings is 2. The van der Waals surface area contributed by atoms with E-state index in [0.29, 0.717) is 11.5 Å². The highest BCUT2D eigenvalue weighted by Gasteiger charge is 2.07. The quantitative estimate of drug-likeness (QED) is 0.779. The van der Waals surface area contributed by atoms with Crippen LogP contribution in [0.2, 0.25) is 0 Å². The zero-order chi connectivity index (χ0) is 15.5. The van der Waals surface area contributed by atoms with Gasteiger partial charge in [-0.25, -0.2) is 4.98 Å². The molecule has 0 saturated carbocycles. The third kappa shape index (κ3) is 2.68. The normalized spacial score (nSPS) is 10.5. The van der Waals surface area contributed by atoms with Crippen LogP contribution in [0.5, 0.6) is 11.5 Å². The Hall–Kier alpha value is -2.75. The number of aryl methyl sites for hydroxylation is 1. The first-order valence-corrected chi connectivity index (χ1v) is 7.05. The summed E-state index contributed by atoms with van der Waals surface area (Å²) >= 11 is 0. The van der Waals surface area contributed by atoms with Crippen molar-refractivity contribution in [2.75, 3.05) is 19.5 Å². The van der Waals surface area contributed by atoms with Crippen molar-refractivity contribution in [2.45, 2.75) is 6.92 Å². The number of hydrogen-bond acceptors (Lipinski definition) is 4. The molecule has 0 aliphatic carbocycles. The van der Waals surface area contributed by atoms with Gasteiger partial charge in [0.25, 0.3) is 0 Å². The van der Waals surface area contributed by atoms with Gasteiger partial charge < -0.3 is 14.8 Å². The Morgan fingerprint density at radius 2 is 1.73 bits per heavy atom.